The Bertz CT molecular complexity index is 956. The number of benzene rings is 2. The Morgan fingerprint density at radius 3 is 2.06 bits per heavy atom. The average Bonchev–Trinajstić information content (AvgIpc) is 2.83. The highest BCUT2D eigenvalue weighted by Gasteiger charge is 2.45. The van der Waals surface area contributed by atoms with Crippen molar-refractivity contribution < 1.29 is 49.0 Å². The van der Waals surface area contributed by atoms with E-state index < -0.39 is 48.9 Å². The van der Waals surface area contributed by atoms with Gasteiger partial charge in [0, 0.05) is 11.1 Å². The number of carbonyl (C=O) groups excluding carboxylic acids is 2. The van der Waals surface area contributed by atoms with Gasteiger partial charge in [-0.15, -0.1) is 0 Å². The van der Waals surface area contributed by atoms with Crippen LogP contribution in [0.25, 0.3) is 0 Å². The molecule has 2 aromatic carbocycles. The van der Waals surface area contributed by atoms with Gasteiger partial charge in [0.25, 0.3) is 0 Å². The molecule has 1 saturated heterocycles. The molecule has 32 heavy (non-hydrogen) atoms. The molecule has 1 fully saturated rings. The second-order valence-corrected chi connectivity index (χ2v) is 7.07. The molecule has 1 aliphatic rings. The number of aliphatic hydroxyl groups is 4. The molecule has 2 aromatic rings. The average molecular weight is 448 g/mol. The van der Waals surface area contributed by atoms with E-state index in [0.717, 1.165) is 0 Å². The summed E-state index contributed by atoms with van der Waals surface area (Å²) >= 11 is 0. The van der Waals surface area contributed by atoms with Crippen LogP contribution >= 0.6 is 0 Å². The molecule has 0 unspecified atom stereocenters. The van der Waals surface area contributed by atoms with E-state index in [1.165, 1.54) is 44.6 Å². The summed E-state index contributed by atoms with van der Waals surface area (Å²) in [6.07, 6.45) is -7.33. The van der Waals surface area contributed by atoms with E-state index in [4.69, 9.17) is 18.9 Å². The zero-order chi connectivity index (χ0) is 23.4. The van der Waals surface area contributed by atoms with Crippen LogP contribution in [0.2, 0.25) is 0 Å². The SMILES string of the molecule is COc1ccc(C(=O)C(=O)c2ccc(O[C@@H]3O[C@H](CO)[C@@H](O)[C@H](O)[C@H]3O)c(OC)c2)cc1. The first kappa shape index (κ1) is 23.6. The molecule has 0 saturated carbocycles. The van der Waals surface area contributed by atoms with E-state index in [2.05, 4.69) is 0 Å². The fourth-order valence-corrected chi connectivity index (χ4v) is 3.20. The van der Waals surface area contributed by atoms with Gasteiger partial charge >= 0.3 is 0 Å². The fourth-order valence-electron chi connectivity index (χ4n) is 3.20. The van der Waals surface area contributed by atoms with Crippen LogP contribution in [0.4, 0.5) is 0 Å². The van der Waals surface area contributed by atoms with Gasteiger partial charge in [-0.3, -0.25) is 9.59 Å². The molecule has 0 radical (unpaired) electrons. The van der Waals surface area contributed by atoms with Gasteiger partial charge in [0.05, 0.1) is 20.8 Å². The zero-order valence-corrected chi connectivity index (χ0v) is 17.4. The highest BCUT2D eigenvalue weighted by atomic mass is 16.7. The Morgan fingerprint density at radius 2 is 1.47 bits per heavy atom. The Labute approximate surface area is 183 Å². The van der Waals surface area contributed by atoms with E-state index in [1.54, 1.807) is 12.1 Å². The highest BCUT2D eigenvalue weighted by Crippen LogP contribution is 2.32. The first-order valence-corrected chi connectivity index (χ1v) is 9.69. The normalized spacial score (nSPS) is 25.1. The molecule has 1 heterocycles. The van der Waals surface area contributed by atoms with Crippen molar-refractivity contribution in [3.05, 3.63) is 53.6 Å². The van der Waals surface area contributed by atoms with E-state index in [1.807, 2.05) is 0 Å². The number of carbonyl (C=O) groups is 2. The lowest BCUT2D eigenvalue weighted by atomic mass is 9.99. The van der Waals surface area contributed by atoms with Crippen LogP contribution in [-0.4, -0.2) is 83.5 Å². The van der Waals surface area contributed by atoms with E-state index in [9.17, 15) is 30.0 Å². The number of rotatable bonds is 8. The lowest BCUT2D eigenvalue weighted by molar-refractivity contribution is -0.277. The van der Waals surface area contributed by atoms with E-state index in [0.29, 0.717) is 5.75 Å². The molecule has 10 heteroatoms. The van der Waals surface area contributed by atoms with Gasteiger partial charge in [0.2, 0.25) is 17.9 Å². The first-order valence-electron chi connectivity index (χ1n) is 9.69. The fraction of sp³-hybridized carbons (Fsp3) is 0.364. The number of hydrogen-bond donors (Lipinski definition) is 4. The minimum atomic E-state index is -1.62. The number of aliphatic hydroxyl groups excluding tert-OH is 4. The van der Waals surface area contributed by atoms with Gasteiger partial charge in [-0.25, -0.2) is 0 Å². The van der Waals surface area contributed by atoms with Gasteiger partial charge < -0.3 is 39.4 Å². The highest BCUT2D eigenvalue weighted by molar-refractivity contribution is 6.49. The maximum Gasteiger partial charge on any atom is 0.233 e. The third kappa shape index (κ3) is 4.74. The van der Waals surface area contributed by atoms with Crippen molar-refractivity contribution in [3.63, 3.8) is 0 Å². The molecule has 0 amide bonds. The molecule has 1 aliphatic heterocycles. The Balaban J connectivity index is 1.79. The van der Waals surface area contributed by atoms with Crippen LogP contribution in [0.1, 0.15) is 20.7 Å². The van der Waals surface area contributed by atoms with Crippen molar-refractivity contribution >= 4 is 11.6 Å². The van der Waals surface area contributed by atoms with Crippen molar-refractivity contribution in [3.8, 4) is 17.2 Å². The van der Waals surface area contributed by atoms with Gasteiger partial charge in [-0.2, -0.15) is 0 Å². The summed E-state index contributed by atoms with van der Waals surface area (Å²) in [4.78, 5) is 25.2. The van der Waals surface area contributed by atoms with Gasteiger partial charge in [0.15, 0.2) is 11.5 Å². The second-order valence-electron chi connectivity index (χ2n) is 7.07. The summed E-state index contributed by atoms with van der Waals surface area (Å²) < 4.78 is 21.1. The second kappa shape index (κ2) is 10.1. The van der Waals surface area contributed by atoms with Crippen molar-refractivity contribution in [1.82, 2.24) is 0 Å². The monoisotopic (exact) mass is 448 g/mol. The smallest absolute Gasteiger partial charge is 0.233 e. The lowest BCUT2D eigenvalue weighted by Gasteiger charge is -2.39. The number of hydrogen-bond acceptors (Lipinski definition) is 10. The van der Waals surface area contributed by atoms with Crippen molar-refractivity contribution in [2.75, 3.05) is 20.8 Å². The van der Waals surface area contributed by atoms with E-state index in [-0.39, 0.29) is 22.6 Å². The summed E-state index contributed by atoms with van der Waals surface area (Å²) in [7, 11) is 2.80. The molecule has 10 nitrogen and oxygen atoms in total. The topological polar surface area (TPSA) is 152 Å². The van der Waals surface area contributed by atoms with Gasteiger partial charge in [0.1, 0.15) is 30.2 Å². The maximum atomic E-state index is 12.7. The van der Waals surface area contributed by atoms with Crippen molar-refractivity contribution in [2.45, 2.75) is 30.7 Å². The summed E-state index contributed by atoms with van der Waals surface area (Å²) in [5.74, 6) is -0.837. The summed E-state index contributed by atoms with van der Waals surface area (Å²) in [6, 6.07) is 10.1. The number of methoxy groups -OCH3 is 2. The molecule has 0 bridgehead atoms. The van der Waals surface area contributed by atoms with Crippen molar-refractivity contribution in [1.29, 1.82) is 0 Å². The molecular weight excluding hydrogens is 424 g/mol. The van der Waals surface area contributed by atoms with Crippen LogP contribution in [0.5, 0.6) is 17.2 Å². The molecule has 0 aliphatic carbocycles. The Morgan fingerprint density at radius 1 is 0.844 bits per heavy atom. The number of ketones is 2. The van der Waals surface area contributed by atoms with Gasteiger partial charge in [-0.1, -0.05) is 0 Å². The summed E-state index contributed by atoms with van der Waals surface area (Å²) in [5, 5.41) is 39.2. The van der Waals surface area contributed by atoms with Crippen LogP contribution in [0.3, 0.4) is 0 Å². The van der Waals surface area contributed by atoms with Crippen LogP contribution < -0.4 is 14.2 Å². The largest absolute Gasteiger partial charge is 0.497 e. The standard InChI is InChI=1S/C22H24O10/c1-29-13-6-3-11(4-7-13)17(24)18(25)12-5-8-14(15(9-12)30-2)31-22-21(28)20(27)19(26)16(10-23)32-22/h3-9,16,19-23,26-28H,10H2,1-2H3/t16-,19-,20+,21-,22-/m1/s1. The molecule has 0 aromatic heterocycles. The van der Waals surface area contributed by atoms with Crippen LogP contribution in [0.15, 0.2) is 42.5 Å². The summed E-state index contributed by atoms with van der Waals surface area (Å²) in [5.41, 5.74) is 0.236. The third-order valence-corrected chi connectivity index (χ3v) is 5.08. The molecule has 0 spiro atoms. The molecule has 3 rings (SSSR count). The van der Waals surface area contributed by atoms with Gasteiger partial charge in [-0.05, 0) is 42.5 Å². The molecular formula is C22H24O10. The quantitative estimate of drug-likeness (QED) is 0.319. The zero-order valence-electron chi connectivity index (χ0n) is 17.4. The van der Waals surface area contributed by atoms with Crippen molar-refractivity contribution in [2.24, 2.45) is 0 Å². The molecule has 4 N–H and O–H groups in total. The molecule has 172 valence electrons. The van der Waals surface area contributed by atoms with E-state index >= 15 is 0 Å². The Hall–Kier alpha value is -3.02. The third-order valence-electron chi connectivity index (χ3n) is 5.08. The predicted molar refractivity (Wildman–Crippen MR) is 109 cm³/mol. The lowest BCUT2D eigenvalue weighted by Crippen LogP contribution is -2.60. The molecule has 5 atom stereocenters. The first-order chi connectivity index (χ1) is 15.3. The number of Topliss-reactive ketones (excluding diaryl/α,β-unsaturated/α-hetero) is 2. The summed E-state index contributed by atoms with van der Waals surface area (Å²) in [6.45, 7) is -0.608. The Kier molecular flexibility index (Phi) is 7.44. The van der Waals surface area contributed by atoms with Crippen LogP contribution in [-0.2, 0) is 4.74 Å². The minimum absolute atomic E-state index is 0.0452. The number of ether oxygens (including phenoxy) is 4. The van der Waals surface area contributed by atoms with Crippen LogP contribution in [0, 0.1) is 0 Å². The predicted octanol–water partition coefficient (Wildman–Crippen LogP) is -0.0519. The maximum absolute atomic E-state index is 12.7. The minimum Gasteiger partial charge on any atom is -0.497 e.